The van der Waals surface area contributed by atoms with E-state index in [-0.39, 0.29) is 0 Å². The highest BCUT2D eigenvalue weighted by atomic mass is 28.3. The van der Waals surface area contributed by atoms with E-state index in [4.69, 9.17) is 4.74 Å². The van der Waals surface area contributed by atoms with Gasteiger partial charge in [0.15, 0.2) is 0 Å². The van der Waals surface area contributed by atoms with Gasteiger partial charge in [0.1, 0.15) is 0 Å². The second-order valence-electron chi connectivity index (χ2n) is 4.44. The highest BCUT2D eigenvalue weighted by Crippen LogP contribution is 2.28. The van der Waals surface area contributed by atoms with Crippen molar-refractivity contribution in [1.82, 2.24) is 0 Å². The lowest BCUT2D eigenvalue weighted by Crippen LogP contribution is -2.57. The van der Waals surface area contributed by atoms with Crippen molar-refractivity contribution >= 4 is 8.07 Å². The average molecular weight is 174 g/mol. The van der Waals surface area contributed by atoms with Crippen molar-refractivity contribution in [2.24, 2.45) is 0 Å². The molecule has 0 aromatic carbocycles. The summed E-state index contributed by atoms with van der Waals surface area (Å²) >= 11 is 0. The normalized spacial score (nSPS) is 33.8. The topological polar surface area (TPSA) is 29.5 Å². The van der Waals surface area contributed by atoms with Gasteiger partial charge in [-0.3, -0.25) is 0 Å². The molecular formula is C8H18O2Si. The molecular weight excluding hydrogens is 156 g/mol. The Hall–Kier alpha value is 0.137. The van der Waals surface area contributed by atoms with Crippen LogP contribution in [0.2, 0.25) is 19.6 Å². The average Bonchev–Trinajstić information content (AvgIpc) is 1.87. The Labute approximate surface area is 69.6 Å². The molecule has 11 heavy (non-hydrogen) atoms. The zero-order chi connectivity index (χ0) is 8.54. The Morgan fingerprint density at radius 1 is 1.36 bits per heavy atom. The molecule has 2 nitrogen and oxygen atoms in total. The van der Waals surface area contributed by atoms with Gasteiger partial charge in [0, 0.05) is 6.61 Å². The molecule has 1 heterocycles. The highest BCUT2D eigenvalue weighted by molar-refractivity contribution is 6.78. The van der Waals surface area contributed by atoms with Crippen LogP contribution in [0.15, 0.2) is 0 Å². The van der Waals surface area contributed by atoms with Gasteiger partial charge in [0.25, 0.3) is 0 Å². The van der Waals surface area contributed by atoms with Crippen molar-refractivity contribution in [3.63, 3.8) is 0 Å². The van der Waals surface area contributed by atoms with Crippen LogP contribution in [0.4, 0.5) is 0 Å². The maximum atomic E-state index is 10.1. The Balaban J connectivity index is 2.64. The molecule has 0 aromatic heterocycles. The van der Waals surface area contributed by atoms with Gasteiger partial charge in [-0.05, 0) is 12.8 Å². The quantitative estimate of drug-likeness (QED) is 0.609. The van der Waals surface area contributed by atoms with Crippen molar-refractivity contribution in [2.75, 3.05) is 13.2 Å². The summed E-state index contributed by atoms with van der Waals surface area (Å²) in [5.74, 6) is 0. The fourth-order valence-electron chi connectivity index (χ4n) is 1.37. The van der Waals surface area contributed by atoms with E-state index in [1.54, 1.807) is 0 Å². The van der Waals surface area contributed by atoms with Crippen LogP contribution in [-0.2, 0) is 4.74 Å². The first-order chi connectivity index (χ1) is 4.96. The lowest BCUT2D eigenvalue weighted by atomic mass is 10.2. The minimum atomic E-state index is -1.45. The van der Waals surface area contributed by atoms with Gasteiger partial charge in [0.2, 0.25) is 0 Å². The molecule has 0 aliphatic carbocycles. The summed E-state index contributed by atoms with van der Waals surface area (Å²) in [6.07, 6.45) is 1.95. The van der Waals surface area contributed by atoms with E-state index in [9.17, 15) is 5.11 Å². The summed E-state index contributed by atoms with van der Waals surface area (Å²) < 4.78 is 5.30. The van der Waals surface area contributed by atoms with E-state index < -0.39 is 13.3 Å². The van der Waals surface area contributed by atoms with Crippen LogP contribution < -0.4 is 0 Å². The highest BCUT2D eigenvalue weighted by Gasteiger charge is 2.42. The van der Waals surface area contributed by atoms with Gasteiger partial charge in [-0.15, -0.1) is 0 Å². The summed E-state index contributed by atoms with van der Waals surface area (Å²) in [6, 6.07) is 0. The van der Waals surface area contributed by atoms with Crippen LogP contribution in [0.1, 0.15) is 12.8 Å². The van der Waals surface area contributed by atoms with Crippen LogP contribution in [0.5, 0.6) is 0 Å². The van der Waals surface area contributed by atoms with Gasteiger partial charge in [0.05, 0.1) is 19.9 Å². The van der Waals surface area contributed by atoms with E-state index in [0.717, 1.165) is 19.4 Å². The van der Waals surface area contributed by atoms with Crippen LogP contribution >= 0.6 is 0 Å². The molecule has 0 amide bonds. The predicted molar refractivity (Wildman–Crippen MR) is 48.3 cm³/mol. The van der Waals surface area contributed by atoms with Crippen LogP contribution in [0, 0.1) is 0 Å². The molecule has 1 fully saturated rings. The minimum Gasteiger partial charge on any atom is -0.391 e. The van der Waals surface area contributed by atoms with Gasteiger partial charge >= 0.3 is 0 Å². The zero-order valence-electron chi connectivity index (χ0n) is 7.68. The third-order valence-corrected chi connectivity index (χ3v) is 5.80. The summed E-state index contributed by atoms with van der Waals surface area (Å²) in [4.78, 5) is 0. The van der Waals surface area contributed by atoms with Gasteiger partial charge < -0.3 is 9.84 Å². The monoisotopic (exact) mass is 174 g/mol. The molecule has 1 aliphatic rings. The third-order valence-electron chi connectivity index (χ3n) is 2.62. The Morgan fingerprint density at radius 3 is 2.27 bits per heavy atom. The molecule has 0 aromatic rings. The van der Waals surface area contributed by atoms with E-state index in [0.29, 0.717) is 6.61 Å². The smallest absolute Gasteiger partial charge is 0.0851 e. The molecule has 1 rings (SSSR count). The second-order valence-corrected chi connectivity index (χ2v) is 9.87. The molecule has 0 radical (unpaired) electrons. The molecule has 0 saturated carbocycles. The third kappa shape index (κ3) is 1.83. The molecule has 1 atom stereocenters. The van der Waals surface area contributed by atoms with E-state index in [1.807, 2.05) is 0 Å². The fourth-order valence-corrected chi connectivity index (χ4v) is 2.83. The van der Waals surface area contributed by atoms with Gasteiger partial charge in [-0.25, -0.2) is 0 Å². The van der Waals surface area contributed by atoms with Crippen molar-refractivity contribution in [3.8, 4) is 0 Å². The van der Waals surface area contributed by atoms with E-state index >= 15 is 0 Å². The van der Waals surface area contributed by atoms with Crippen LogP contribution in [-0.4, -0.2) is 31.6 Å². The standard InChI is InChI=1S/C8H18O2Si/c1-11(2,3)8(9)5-4-6-10-7-8/h9H,4-7H2,1-3H3. The van der Waals surface area contributed by atoms with Crippen molar-refractivity contribution < 1.29 is 9.84 Å². The maximum absolute atomic E-state index is 10.1. The lowest BCUT2D eigenvalue weighted by Gasteiger charge is -2.41. The summed E-state index contributed by atoms with van der Waals surface area (Å²) in [5.41, 5.74) is 0. The largest absolute Gasteiger partial charge is 0.391 e. The Morgan fingerprint density at radius 2 is 2.00 bits per heavy atom. The summed E-state index contributed by atoms with van der Waals surface area (Å²) in [5, 5.41) is 9.68. The summed E-state index contributed by atoms with van der Waals surface area (Å²) in [6.45, 7) is 7.97. The summed E-state index contributed by atoms with van der Waals surface area (Å²) in [7, 11) is -1.45. The number of aliphatic hydroxyl groups is 1. The SMILES string of the molecule is C[Si](C)(C)C1(O)CCCOC1. The first-order valence-electron chi connectivity index (χ1n) is 4.26. The van der Waals surface area contributed by atoms with Gasteiger partial charge in [-0.1, -0.05) is 19.6 Å². The van der Waals surface area contributed by atoms with Crippen molar-refractivity contribution in [2.45, 2.75) is 37.7 Å². The first kappa shape index (κ1) is 9.23. The zero-order valence-corrected chi connectivity index (χ0v) is 8.68. The maximum Gasteiger partial charge on any atom is 0.0851 e. The number of ether oxygens (including phenoxy) is 1. The lowest BCUT2D eigenvalue weighted by molar-refractivity contribution is -0.0395. The minimum absolute atomic E-state index is 0.467. The molecule has 3 heteroatoms. The number of rotatable bonds is 1. The fraction of sp³-hybridized carbons (Fsp3) is 1.00. The predicted octanol–water partition coefficient (Wildman–Crippen LogP) is 1.41. The van der Waals surface area contributed by atoms with Crippen molar-refractivity contribution in [1.29, 1.82) is 0 Å². The number of hydrogen-bond acceptors (Lipinski definition) is 2. The molecule has 0 bridgehead atoms. The molecule has 0 spiro atoms. The molecule has 1 N–H and O–H groups in total. The van der Waals surface area contributed by atoms with Gasteiger partial charge in [-0.2, -0.15) is 0 Å². The van der Waals surface area contributed by atoms with E-state index in [1.165, 1.54) is 0 Å². The van der Waals surface area contributed by atoms with Crippen LogP contribution in [0.25, 0.3) is 0 Å². The molecule has 1 unspecified atom stereocenters. The van der Waals surface area contributed by atoms with Crippen molar-refractivity contribution in [3.05, 3.63) is 0 Å². The Bertz CT molecular complexity index is 134. The molecule has 66 valence electrons. The second kappa shape index (κ2) is 2.88. The Kier molecular flexibility index (Phi) is 2.42. The van der Waals surface area contributed by atoms with Crippen LogP contribution in [0.3, 0.4) is 0 Å². The number of hydrogen-bond donors (Lipinski definition) is 1. The first-order valence-corrected chi connectivity index (χ1v) is 7.76. The van der Waals surface area contributed by atoms with E-state index in [2.05, 4.69) is 19.6 Å². The molecule has 1 saturated heterocycles. The molecule has 1 aliphatic heterocycles.